The van der Waals surface area contributed by atoms with Gasteiger partial charge < -0.3 is 10.6 Å². The number of benzene rings is 2. The molecule has 0 aliphatic carbocycles. The summed E-state index contributed by atoms with van der Waals surface area (Å²) in [6.45, 7) is 2.23. The van der Waals surface area contributed by atoms with Crippen molar-refractivity contribution in [2.75, 3.05) is 18.4 Å². The standard InChI is InChI=1S/C18H20ClN3O4S/c1-2-20-18(24)13-6-5-7-14(12-13)22-17(23)10-11-21-27(25,26)16-9-4-3-8-15(16)19/h3-9,12,21H,2,10-11H2,1H3,(H,20,24)(H,22,23). The van der Waals surface area contributed by atoms with Gasteiger partial charge in [0, 0.05) is 30.8 Å². The molecular weight excluding hydrogens is 390 g/mol. The Morgan fingerprint density at radius 2 is 1.81 bits per heavy atom. The molecule has 27 heavy (non-hydrogen) atoms. The van der Waals surface area contributed by atoms with E-state index in [4.69, 9.17) is 11.6 Å². The van der Waals surface area contributed by atoms with Crippen LogP contribution in [-0.2, 0) is 14.8 Å². The number of sulfonamides is 1. The van der Waals surface area contributed by atoms with Gasteiger partial charge in [-0.1, -0.05) is 29.8 Å². The van der Waals surface area contributed by atoms with Crippen LogP contribution in [0.3, 0.4) is 0 Å². The number of nitrogens with one attached hydrogen (secondary N) is 3. The summed E-state index contributed by atoms with van der Waals surface area (Å²) in [6.07, 6.45) is -0.0743. The van der Waals surface area contributed by atoms with Crippen LogP contribution in [0, 0.1) is 0 Å². The normalized spacial score (nSPS) is 11.0. The van der Waals surface area contributed by atoms with Crippen LogP contribution in [0.25, 0.3) is 0 Å². The Kier molecular flexibility index (Phi) is 7.35. The Morgan fingerprint density at radius 1 is 1.07 bits per heavy atom. The molecule has 0 saturated heterocycles. The minimum atomic E-state index is -3.80. The molecule has 0 bridgehead atoms. The van der Waals surface area contributed by atoms with Crippen molar-refractivity contribution in [3.63, 3.8) is 0 Å². The maximum absolute atomic E-state index is 12.2. The maximum atomic E-state index is 12.2. The molecule has 0 aliphatic rings. The maximum Gasteiger partial charge on any atom is 0.251 e. The Bertz CT molecular complexity index is 932. The van der Waals surface area contributed by atoms with Gasteiger partial charge in [0.1, 0.15) is 4.90 Å². The zero-order valence-corrected chi connectivity index (χ0v) is 16.2. The molecule has 144 valence electrons. The first kappa shape index (κ1) is 20.9. The van der Waals surface area contributed by atoms with E-state index in [0.717, 1.165) is 0 Å². The van der Waals surface area contributed by atoms with Gasteiger partial charge in [0.15, 0.2) is 0 Å². The molecule has 0 radical (unpaired) electrons. The van der Waals surface area contributed by atoms with Crippen LogP contribution in [0.2, 0.25) is 5.02 Å². The van der Waals surface area contributed by atoms with Crippen LogP contribution in [0.4, 0.5) is 5.69 Å². The van der Waals surface area contributed by atoms with Gasteiger partial charge in [-0.3, -0.25) is 9.59 Å². The number of hydrogen-bond acceptors (Lipinski definition) is 4. The summed E-state index contributed by atoms with van der Waals surface area (Å²) in [5.74, 6) is -0.619. The van der Waals surface area contributed by atoms with Crippen LogP contribution < -0.4 is 15.4 Å². The molecule has 2 aromatic carbocycles. The summed E-state index contributed by atoms with van der Waals surface area (Å²) in [5.41, 5.74) is 0.881. The summed E-state index contributed by atoms with van der Waals surface area (Å²) in [4.78, 5) is 23.8. The van der Waals surface area contributed by atoms with Gasteiger partial charge in [0.25, 0.3) is 5.91 Å². The third kappa shape index (κ3) is 6.06. The molecule has 0 heterocycles. The second kappa shape index (κ2) is 9.50. The van der Waals surface area contributed by atoms with Crippen molar-refractivity contribution >= 4 is 39.1 Å². The van der Waals surface area contributed by atoms with E-state index in [2.05, 4.69) is 15.4 Å². The smallest absolute Gasteiger partial charge is 0.251 e. The van der Waals surface area contributed by atoms with E-state index in [1.165, 1.54) is 12.1 Å². The summed E-state index contributed by atoms with van der Waals surface area (Å²) in [5, 5.41) is 5.42. The first-order valence-corrected chi connectivity index (χ1v) is 10.1. The fraction of sp³-hybridized carbons (Fsp3) is 0.222. The van der Waals surface area contributed by atoms with Crippen molar-refractivity contribution in [1.82, 2.24) is 10.0 Å². The topological polar surface area (TPSA) is 104 Å². The molecule has 2 aromatic rings. The Morgan fingerprint density at radius 3 is 2.52 bits per heavy atom. The van der Waals surface area contributed by atoms with Crippen LogP contribution in [-0.4, -0.2) is 33.3 Å². The summed E-state index contributed by atoms with van der Waals surface area (Å²) >= 11 is 5.89. The lowest BCUT2D eigenvalue weighted by Crippen LogP contribution is -2.28. The highest BCUT2D eigenvalue weighted by Crippen LogP contribution is 2.20. The molecule has 9 heteroatoms. The van der Waals surface area contributed by atoms with Gasteiger partial charge in [0.05, 0.1) is 5.02 Å². The molecule has 0 aliphatic heterocycles. The predicted molar refractivity (Wildman–Crippen MR) is 104 cm³/mol. The Labute approximate surface area is 163 Å². The quantitative estimate of drug-likeness (QED) is 0.622. The number of halogens is 1. The predicted octanol–water partition coefficient (Wildman–Crippen LogP) is 2.40. The van der Waals surface area contributed by atoms with Crippen LogP contribution in [0.15, 0.2) is 53.4 Å². The van der Waals surface area contributed by atoms with E-state index in [1.807, 2.05) is 6.92 Å². The zero-order valence-electron chi connectivity index (χ0n) is 14.7. The van der Waals surface area contributed by atoms with Crippen molar-refractivity contribution < 1.29 is 18.0 Å². The third-order valence-electron chi connectivity index (χ3n) is 3.52. The first-order chi connectivity index (χ1) is 12.8. The van der Waals surface area contributed by atoms with Gasteiger partial charge >= 0.3 is 0 Å². The van der Waals surface area contributed by atoms with E-state index in [9.17, 15) is 18.0 Å². The van der Waals surface area contributed by atoms with Crippen molar-refractivity contribution in [3.05, 3.63) is 59.1 Å². The van der Waals surface area contributed by atoms with E-state index < -0.39 is 10.0 Å². The van der Waals surface area contributed by atoms with Crippen LogP contribution in [0.1, 0.15) is 23.7 Å². The van der Waals surface area contributed by atoms with Gasteiger partial charge in [0.2, 0.25) is 15.9 Å². The highest BCUT2D eigenvalue weighted by Gasteiger charge is 2.17. The molecule has 2 amide bonds. The lowest BCUT2D eigenvalue weighted by atomic mass is 10.2. The van der Waals surface area contributed by atoms with Gasteiger partial charge in [-0.2, -0.15) is 0 Å². The number of anilines is 1. The summed E-state index contributed by atoms with van der Waals surface area (Å²) in [7, 11) is -3.80. The number of hydrogen-bond donors (Lipinski definition) is 3. The van der Waals surface area contributed by atoms with Gasteiger partial charge in [-0.15, -0.1) is 0 Å². The second-order valence-electron chi connectivity index (χ2n) is 5.57. The summed E-state index contributed by atoms with van der Waals surface area (Å²) < 4.78 is 26.7. The van der Waals surface area contributed by atoms with Gasteiger partial charge in [-0.05, 0) is 37.3 Å². The Balaban J connectivity index is 1.91. The average molecular weight is 410 g/mol. The minimum Gasteiger partial charge on any atom is -0.352 e. The molecule has 0 unspecified atom stereocenters. The largest absolute Gasteiger partial charge is 0.352 e. The second-order valence-corrected chi connectivity index (χ2v) is 7.71. The summed E-state index contributed by atoms with van der Waals surface area (Å²) in [6, 6.07) is 12.5. The molecule has 7 nitrogen and oxygen atoms in total. The van der Waals surface area contributed by atoms with Crippen LogP contribution in [0.5, 0.6) is 0 Å². The number of carbonyl (C=O) groups excluding carboxylic acids is 2. The average Bonchev–Trinajstić information content (AvgIpc) is 2.62. The minimum absolute atomic E-state index is 0.0401. The molecule has 0 aromatic heterocycles. The van der Waals surface area contributed by atoms with Crippen molar-refractivity contribution in [1.29, 1.82) is 0 Å². The number of rotatable bonds is 8. The molecule has 0 saturated carbocycles. The molecule has 2 rings (SSSR count). The van der Waals surface area contributed by atoms with E-state index in [0.29, 0.717) is 17.8 Å². The van der Waals surface area contributed by atoms with Crippen molar-refractivity contribution in [3.8, 4) is 0 Å². The highest BCUT2D eigenvalue weighted by atomic mass is 35.5. The molecule has 0 spiro atoms. The monoisotopic (exact) mass is 409 g/mol. The fourth-order valence-electron chi connectivity index (χ4n) is 2.26. The Hall–Kier alpha value is -2.42. The molecule has 3 N–H and O–H groups in total. The fourth-order valence-corrected chi connectivity index (χ4v) is 3.81. The van der Waals surface area contributed by atoms with Crippen molar-refractivity contribution in [2.45, 2.75) is 18.2 Å². The first-order valence-electron chi connectivity index (χ1n) is 8.26. The molecule has 0 fully saturated rings. The zero-order chi connectivity index (χ0) is 19.9. The number of amides is 2. The lowest BCUT2D eigenvalue weighted by molar-refractivity contribution is -0.116. The van der Waals surface area contributed by atoms with E-state index >= 15 is 0 Å². The van der Waals surface area contributed by atoms with E-state index in [-0.39, 0.29) is 34.7 Å². The van der Waals surface area contributed by atoms with Crippen LogP contribution >= 0.6 is 11.6 Å². The third-order valence-corrected chi connectivity index (χ3v) is 5.48. The lowest BCUT2D eigenvalue weighted by Gasteiger charge is -2.09. The molecular formula is C18H20ClN3O4S. The van der Waals surface area contributed by atoms with Gasteiger partial charge in [-0.25, -0.2) is 13.1 Å². The molecule has 0 atom stereocenters. The highest BCUT2D eigenvalue weighted by molar-refractivity contribution is 7.89. The number of carbonyl (C=O) groups is 2. The SMILES string of the molecule is CCNC(=O)c1cccc(NC(=O)CCNS(=O)(=O)c2ccccc2Cl)c1. The van der Waals surface area contributed by atoms with E-state index in [1.54, 1.807) is 36.4 Å². The van der Waals surface area contributed by atoms with Crippen molar-refractivity contribution in [2.24, 2.45) is 0 Å².